The predicted molar refractivity (Wildman–Crippen MR) is 119 cm³/mol. The van der Waals surface area contributed by atoms with Gasteiger partial charge in [-0.3, -0.25) is 0 Å². The largest absolute Gasteiger partial charge is 0.494 e. The quantitative estimate of drug-likeness (QED) is 0.413. The molecule has 1 atom stereocenters. The van der Waals surface area contributed by atoms with E-state index in [9.17, 15) is 5.11 Å². The van der Waals surface area contributed by atoms with Crippen LogP contribution in [-0.4, -0.2) is 27.0 Å². The third-order valence-electron chi connectivity index (χ3n) is 4.77. The van der Waals surface area contributed by atoms with Gasteiger partial charge in [0.25, 0.3) is 0 Å². The van der Waals surface area contributed by atoms with E-state index in [1.807, 2.05) is 25.1 Å². The van der Waals surface area contributed by atoms with Crippen LogP contribution in [0.15, 0.2) is 42.7 Å². The van der Waals surface area contributed by atoms with Crippen LogP contribution in [0.1, 0.15) is 43.1 Å². The van der Waals surface area contributed by atoms with Gasteiger partial charge in [0.2, 0.25) is 0 Å². The molecular weight excluding hydrogens is 421 g/mol. The second-order valence-electron chi connectivity index (χ2n) is 7.18. The van der Waals surface area contributed by atoms with E-state index in [-0.39, 0.29) is 0 Å². The monoisotopic (exact) mass is 443 g/mol. The Balaban J connectivity index is 1.62. The topological polar surface area (TPSA) is 60.2 Å². The van der Waals surface area contributed by atoms with Crippen molar-refractivity contribution in [2.75, 3.05) is 7.11 Å². The number of methoxy groups -OCH3 is 1. The van der Waals surface area contributed by atoms with Crippen molar-refractivity contribution in [3.05, 3.63) is 69.7 Å². The lowest BCUT2D eigenvalue weighted by atomic mass is 9.90. The zero-order valence-electron chi connectivity index (χ0n) is 17.1. The summed E-state index contributed by atoms with van der Waals surface area (Å²) in [5.41, 5.74) is 1.41. The maximum Gasteiger partial charge on any atom is 0.147 e. The van der Waals surface area contributed by atoms with E-state index in [2.05, 4.69) is 21.9 Å². The molecule has 0 radical (unpaired) electrons. The number of ether oxygens (including phenoxy) is 1. The fourth-order valence-corrected chi connectivity index (χ4v) is 3.37. The van der Waals surface area contributed by atoms with E-state index in [1.165, 1.54) is 0 Å². The van der Waals surface area contributed by atoms with E-state index in [4.69, 9.17) is 27.9 Å². The number of aromatic nitrogens is 3. The predicted octanol–water partition coefficient (Wildman–Crippen LogP) is 5.32. The standard InChI is InChI=1S/C23H23Cl2N3O2/c1-16-26-15-28(27-16)21-11-8-17(13-22(21)30-3)7-5-4-6-12-23(2,29)18-9-10-19(24)20(25)14-18/h8-11,13-15,29H,4,6,12H2,1-3H3. The van der Waals surface area contributed by atoms with Crippen LogP contribution in [0.25, 0.3) is 5.69 Å². The summed E-state index contributed by atoms with van der Waals surface area (Å²) in [5.74, 6) is 7.68. The molecule has 156 valence electrons. The van der Waals surface area contributed by atoms with Crippen LogP contribution >= 0.6 is 23.2 Å². The lowest BCUT2D eigenvalue weighted by Gasteiger charge is -2.24. The number of unbranched alkanes of at least 4 members (excludes halogenated alkanes) is 1. The number of hydrogen-bond acceptors (Lipinski definition) is 4. The van der Waals surface area contributed by atoms with Crippen LogP contribution in [0.4, 0.5) is 0 Å². The number of hydrogen-bond donors (Lipinski definition) is 1. The third kappa shape index (κ3) is 5.34. The Labute approximate surface area is 186 Å². The Bertz CT molecular complexity index is 1100. The molecule has 0 spiro atoms. The fraction of sp³-hybridized carbons (Fsp3) is 0.304. The molecule has 0 fully saturated rings. The first kappa shape index (κ1) is 22.2. The number of halogens is 2. The minimum atomic E-state index is -0.989. The molecule has 7 heteroatoms. The molecule has 3 aromatic rings. The molecule has 1 heterocycles. The second kappa shape index (κ2) is 9.53. The zero-order chi connectivity index (χ0) is 21.7. The second-order valence-corrected chi connectivity index (χ2v) is 8.00. The number of benzene rings is 2. The lowest BCUT2D eigenvalue weighted by molar-refractivity contribution is 0.0460. The first-order valence-corrected chi connectivity index (χ1v) is 10.3. The van der Waals surface area contributed by atoms with Gasteiger partial charge in [0.15, 0.2) is 0 Å². The smallest absolute Gasteiger partial charge is 0.147 e. The van der Waals surface area contributed by atoms with Gasteiger partial charge >= 0.3 is 0 Å². The zero-order valence-corrected chi connectivity index (χ0v) is 18.6. The Morgan fingerprint density at radius 3 is 2.63 bits per heavy atom. The summed E-state index contributed by atoms with van der Waals surface area (Å²) in [7, 11) is 1.62. The van der Waals surface area contributed by atoms with E-state index in [0.29, 0.717) is 34.5 Å². The first-order chi connectivity index (χ1) is 14.3. The van der Waals surface area contributed by atoms with Crippen molar-refractivity contribution in [2.45, 2.75) is 38.7 Å². The van der Waals surface area contributed by atoms with Crippen molar-refractivity contribution in [3.63, 3.8) is 0 Å². The van der Waals surface area contributed by atoms with E-state index >= 15 is 0 Å². The summed E-state index contributed by atoms with van der Waals surface area (Å²) in [5, 5.41) is 16.0. The van der Waals surface area contributed by atoms with Gasteiger partial charge in [0.1, 0.15) is 23.6 Å². The van der Waals surface area contributed by atoms with Crippen LogP contribution in [0.3, 0.4) is 0 Å². The van der Waals surface area contributed by atoms with E-state index in [0.717, 1.165) is 23.2 Å². The van der Waals surface area contributed by atoms with Gasteiger partial charge in [-0.05, 0) is 62.6 Å². The van der Waals surface area contributed by atoms with Gasteiger partial charge in [-0.15, -0.1) is 0 Å². The molecular formula is C23H23Cl2N3O2. The normalized spacial score (nSPS) is 12.7. The van der Waals surface area contributed by atoms with Gasteiger partial charge in [-0.2, -0.15) is 5.10 Å². The molecule has 0 saturated carbocycles. The molecule has 1 unspecified atom stereocenters. The summed E-state index contributed by atoms with van der Waals surface area (Å²) in [6.07, 6.45) is 3.61. The average Bonchev–Trinajstić information content (AvgIpc) is 3.15. The Morgan fingerprint density at radius 2 is 1.97 bits per heavy atom. The molecule has 0 saturated heterocycles. The summed E-state index contributed by atoms with van der Waals surface area (Å²) in [4.78, 5) is 4.15. The number of aliphatic hydroxyl groups is 1. The van der Waals surface area contributed by atoms with Crippen molar-refractivity contribution in [1.29, 1.82) is 0 Å². The maximum atomic E-state index is 10.7. The van der Waals surface area contributed by atoms with Gasteiger partial charge in [0.05, 0.1) is 22.8 Å². The van der Waals surface area contributed by atoms with Crippen LogP contribution in [0, 0.1) is 18.8 Å². The van der Waals surface area contributed by atoms with Crippen LogP contribution in [0.5, 0.6) is 5.75 Å². The molecule has 0 aliphatic rings. The molecule has 0 aliphatic heterocycles. The minimum Gasteiger partial charge on any atom is -0.494 e. The van der Waals surface area contributed by atoms with Crippen LogP contribution < -0.4 is 4.74 Å². The summed E-state index contributed by atoms with van der Waals surface area (Å²) in [6, 6.07) is 10.9. The highest BCUT2D eigenvalue weighted by Gasteiger charge is 2.23. The molecule has 5 nitrogen and oxygen atoms in total. The van der Waals surface area contributed by atoms with Crippen molar-refractivity contribution >= 4 is 23.2 Å². The Hall–Kier alpha value is -2.52. The molecule has 30 heavy (non-hydrogen) atoms. The van der Waals surface area contributed by atoms with Crippen LogP contribution in [-0.2, 0) is 5.60 Å². The number of aryl methyl sites for hydroxylation is 1. The highest BCUT2D eigenvalue weighted by Crippen LogP contribution is 2.31. The van der Waals surface area contributed by atoms with Crippen molar-refractivity contribution in [1.82, 2.24) is 14.8 Å². The number of rotatable bonds is 6. The molecule has 0 aliphatic carbocycles. The van der Waals surface area contributed by atoms with Gasteiger partial charge in [0, 0.05) is 12.0 Å². The molecule has 0 amide bonds. The Morgan fingerprint density at radius 1 is 1.17 bits per heavy atom. The van der Waals surface area contributed by atoms with E-state index in [1.54, 1.807) is 43.2 Å². The van der Waals surface area contributed by atoms with Gasteiger partial charge < -0.3 is 9.84 Å². The molecule has 2 aromatic carbocycles. The first-order valence-electron chi connectivity index (χ1n) is 9.53. The third-order valence-corrected chi connectivity index (χ3v) is 5.51. The number of nitrogens with zero attached hydrogens (tertiary/aromatic N) is 3. The van der Waals surface area contributed by atoms with Crippen molar-refractivity contribution in [2.24, 2.45) is 0 Å². The van der Waals surface area contributed by atoms with Crippen molar-refractivity contribution in [3.8, 4) is 23.3 Å². The summed E-state index contributed by atoms with van der Waals surface area (Å²) >= 11 is 12.0. The minimum absolute atomic E-state index is 0.438. The van der Waals surface area contributed by atoms with Crippen molar-refractivity contribution < 1.29 is 9.84 Å². The summed E-state index contributed by atoms with van der Waals surface area (Å²) < 4.78 is 7.16. The molecule has 1 N–H and O–H groups in total. The molecule has 3 rings (SSSR count). The Kier molecular flexibility index (Phi) is 7.04. The van der Waals surface area contributed by atoms with E-state index < -0.39 is 5.60 Å². The highest BCUT2D eigenvalue weighted by atomic mass is 35.5. The SMILES string of the molecule is COc1cc(C#CCCCC(C)(O)c2ccc(Cl)c(Cl)c2)ccc1-n1cnc(C)n1. The lowest BCUT2D eigenvalue weighted by Crippen LogP contribution is -2.20. The summed E-state index contributed by atoms with van der Waals surface area (Å²) in [6.45, 7) is 3.61. The van der Waals surface area contributed by atoms with Gasteiger partial charge in [-0.25, -0.2) is 9.67 Å². The van der Waals surface area contributed by atoms with Crippen LogP contribution in [0.2, 0.25) is 10.0 Å². The highest BCUT2D eigenvalue weighted by molar-refractivity contribution is 6.42. The van der Waals surface area contributed by atoms with Gasteiger partial charge in [-0.1, -0.05) is 41.1 Å². The fourth-order valence-electron chi connectivity index (χ4n) is 3.07. The maximum absolute atomic E-state index is 10.7. The average molecular weight is 444 g/mol. The molecule has 1 aromatic heterocycles. The molecule has 0 bridgehead atoms.